The molecule has 0 spiro atoms. The Kier molecular flexibility index (Phi) is 3.97. The molecular weight excluding hydrogens is 206 g/mol. The van der Waals surface area contributed by atoms with E-state index in [0.717, 1.165) is 12.5 Å². The van der Waals surface area contributed by atoms with Gasteiger partial charge in [0.1, 0.15) is 0 Å². The van der Waals surface area contributed by atoms with Gasteiger partial charge in [0.2, 0.25) is 0 Å². The first kappa shape index (κ1) is 11.7. The first-order valence-corrected chi connectivity index (χ1v) is 7.13. The summed E-state index contributed by atoms with van der Waals surface area (Å²) in [5.74, 6) is 0.861. The Morgan fingerprint density at radius 2 is 1.93 bits per heavy atom. The highest BCUT2D eigenvalue weighted by Gasteiger charge is 2.32. The van der Waals surface area contributed by atoms with Crippen molar-refractivity contribution in [1.29, 1.82) is 0 Å². The molecule has 88 valence electrons. The fourth-order valence-electron chi connectivity index (χ4n) is 2.62. The molecule has 2 rings (SSSR count). The molecule has 0 radical (unpaired) electrons. The molecule has 1 aliphatic carbocycles. The summed E-state index contributed by atoms with van der Waals surface area (Å²) in [6.45, 7) is 5.49. The van der Waals surface area contributed by atoms with Crippen LogP contribution < -0.4 is 5.73 Å². The second-order valence-electron chi connectivity index (χ2n) is 5.16. The van der Waals surface area contributed by atoms with Crippen LogP contribution in [0.3, 0.4) is 0 Å². The van der Waals surface area contributed by atoms with Crippen molar-refractivity contribution in [2.75, 3.05) is 6.61 Å². The summed E-state index contributed by atoms with van der Waals surface area (Å²) in [5.41, 5.74) is 6.20. The molecule has 2 aliphatic rings. The molecular formula is C12H23NOS. The molecule has 0 aromatic rings. The third kappa shape index (κ3) is 2.89. The Morgan fingerprint density at radius 3 is 2.60 bits per heavy atom. The van der Waals surface area contributed by atoms with E-state index >= 15 is 0 Å². The van der Waals surface area contributed by atoms with Crippen molar-refractivity contribution in [1.82, 2.24) is 0 Å². The molecule has 1 heterocycles. The van der Waals surface area contributed by atoms with Gasteiger partial charge in [-0.3, -0.25) is 0 Å². The van der Waals surface area contributed by atoms with Crippen molar-refractivity contribution in [3.63, 3.8) is 0 Å². The van der Waals surface area contributed by atoms with Gasteiger partial charge in [0, 0.05) is 23.1 Å². The number of rotatable bonds is 2. The largest absolute Gasteiger partial charge is 0.377 e. The standard InChI is InChI=1S/C12H23NOS/c1-8-3-4-10(13)12(7-8)15-11-5-6-14-9(11)2/h8-12H,3-7,13H2,1-2H3. The van der Waals surface area contributed by atoms with Crippen LogP contribution in [-0.2, 0) is 4.74 Å². The maximum absolute atomic E-state index is 6.20. The second kappa shape index (κ2) is 5.07. The molecule has 2 nitrogen and oxygen atoms in total. The Balaban J connectivity index is 1.86. The van der Waals surface area contributed by atoms with Crippen LogP contribution in [-0.4, -0.2) is 29.3 Å². The van der Waals surface area contributed by atoms with E-state index in [1.807, 2.05) is 0 Å². The van der Waals surface area contributed by atoms with Crippen molar-refractivity contribution in [3.05, 3.63) is 0 Å². The molecule has 2 N–H and O–H groups in total. The lowest BCUT2D eigenvalue weighted by atomic mass is 9.87. The topological polar surface area (TPSA) is 35.2 Å². The fraction of sp³-hybridized carbons (Fsp3) is 1.00. The van der Waals surface area contributed by atoms with Gasteiger partial charge in [0.05, 0.1) is 6.10 Å². The average Bonchev–Trinajstić information content (AvgIpc) is 2.58. The van der Waals surface area contributed by atoms with E-state index in [-0.39, 0.29) is 0 Å². The molecule has 5 unspecified atom stereocenters. The van der Waals surface area contributed by atoms with Crippen LogP contribution in [0.2, 0.25) is 0 Å². The molecule has 1 saturated heterocycles. The maximum Gasteiger partial charge on any atom is 0.0666 e. The molecule has 1 saturated carbocycles. The van der Waals surface area contributed by atoms with Crippen molar-refractivity contribution < 1.29 is 4.74 Å². The van der Waals surface area contributed by atoms with Gasteiger partial charge in [-0.25, -0.2) is 0 Å². The van der Waals surface area contributed by atoms with Crippen molar-refractivity contribution in [3.8, 4) is 0 Å². The van der Waals surface area contributed by atoms with Crippen LogP contribution in [0.25, 0.3) is 0 Å². The van der Waals surface area contributed by atoms with Gasteiger partial charge in [-0.05, 0) is 38.5 Å². The van der Waals surface area contributed by atoms with E-state index in [1.165, 1.54) is 25.7 Å². The van der Waals surface area contributed by atoms with Gasteiger partial charge < -0.3 is 10.5 Å². The van der Waals surface area contributed by atoms with E-state index in [0.29, 0.717) is 22.6 Å². The lowest BCUT2D eigenvalue weighted by Crippen LogP contribution is -2.39. The van der Waals surface area contributed by atoms with Crippen molar-refractivity contribution in [2.24, 2.45) is 11.7 Å². The summed E-state index contributed by atoms with van der Waals surface area (Å²) >= 11 is 2.10. The third-order valence-corrected chi connectivity index (χ3v) is 5.62. The minimum absolute atomic E-state index is 0.416. The van der Waals surface area contributed by atoms with Gasteiger partial charge in [0.15, 0.2) is 0 Å². The summed E-state index contributed by atoms with van der Waals surface area (Å²) in [6.07, 6.45) is 5.47. The van der Waals surface area contributed by atoms with Gasteiger partial charge in [0.25, 0.3) is 0 Å². The normalized spacial score (nSPS) is 47.0. The fourth-order valence-corrected chi connectivity index (χ4v) is 4.38. The molecule has 0 aromatic heterocycles. The predicted molar refractivity (Wildman–Crippen MR) is 66.2 cm³/mol. The van der Waals surface area contributed by atoms with E-state index in [2.05, 4.69) is 25.6 Å². The summed E-state index contributed by atoms with van der Waals surface area (Å²) in [7, 11) is 0. The SMILES string of the molecule is CC1CCC(N)C(SC2CCOC2C)C1. The lowest BCUT2D eigenvalue weighted by molar-refractivity contribution is 0.127. The van der Waals surface area contributed by atoms with Crippen LogP contribution in [0.1, 0.15) is 39.5 Å². The highest BCUT2D eigenvalue weighted by molar-refractivity contribution is 8.00. The van der Waals surface area contributed by atoms with Gasteiger partial charge in [-0.2, -0.15) is 11.8 Å². The first-order chi connectivity index (χ1) is 7.16. The smallest absolute Gasteiger partial charge is 0.0666 e. The number of thioether (sulfide) groups is 1. The summed E-state index contributed by atoms with van der Waals surface area (Å²) < 4.78 is 5.61. The zero-order valence-electron chi connectivity index (χ0n) is 9.82. The Labute approximate surface area is 97.3 Å². The summed E-state index contributed by atoms with van der Waals surface area (Å²) in [4.78, 5) is 0. The Bertz CT molecular complexity index is 212. The molecule has 2 fully saturated rings. The zero-order valence-corrected chi connectivity index (χ0v) is 10.6. The molecule has 0 bridgehead atoms. The average molecular weight is 229 g/mol. The van der Waals surface area contributed by atoms with Crippen LogP contribution >= 0.6 is 11.8 Å². The minimum Gasteiger partial charge on any atom is -0.377 e. The molecule has 1 aliphatic heterocycles. The number of nitrogens with two attached hydrogens (primary N) is 1. The predicted octanol–water partition coefficient (Wildman–Crippen LogP) is 2.41. The summed E-state index contributed by atoms with van der Waals surface area (Å²) in [5, 5.41) is 1.36. The Hall–Kier alpha value is 0.270. The van der Waals surface area contributed by atoms with E-state index in [1.54, 1.807) is 0 Å². The van der Waals surface area contributed by atoms with Gasteiger partial charge in [-0.1, -0.05) is 6.92 Å². The van der Waals surface area contributed by atoms with E-state index in [4.69, 9.17) is 10.5 Å². The first-order valence-electron chi connectivity index (χ1n) is 6.19. The monoisotopic (exact) mass is 229 g/mol. The van der Waals surface area contributed by atoms with Gasteiger partial charge in [-0.15, -0.1) is 0 Å². The quantitative estimate of drug-likeness (QED) is 0.790. The van der Waals surface area contributed by atoms with Crippen LogP contribution in [0.5, 0.6) is 0 Å². The third-order valence-electron chi connectivity index (χ3n) is 3.76. The van der Waals surface area contributed by atoms with Crippen LogP contribution in [0.4, 0.5) is 0 Å². The highest BCUT2D eigenvalue weighted by Crippen LogP contribution is 2.37. The molecule has 5 atom stereocenters. The zero-order chi connectivity index (χ0) is 10.8. The number of hydrogen-bond donors (Lipinski definition) is 1. The molecule has 0 aromatic carbocycles. The van der Waals surface area contributed by atoms with Crippen LogP contribution in [0.15, 0.2) is 0 Å². The van der Waals surface area contributed by atoms with Crippen molar-refractivity contribution in [2.45, 2.75) is 62.2 Å². The van der Waals surface area contributed by atoms with Crippen molar-refractivity contribution >= 4 is 11.8 Å². The van der Waals surface area contributed by atoms with Crippen LogP contribution in [0, 0.1) is 5.92 Å². The highest BCUT2D eigenvalue weighted by atomic mass is 32.2. The molecule has 15 heavy (non-hydrogen) atoms. The second-order valence-corrected chi connectivity index (χ2v) is 6.64. The maximum atomic E-state index is 6.20. The van der Waals surface area contributed by atoms with E-state index < -0.39 is 0 Å². The lowest BCUT2D eigenvalue weighted by Gasteiger charge is -2.34. The molecule has 3 heteroatoms. The Morgan fingerprint density at radius 1 is 1.13 bits per heavy atom. The summed E-state index contributed by atoms with van der Waals surface area (Å²) in [6, 6.07) is 0.416. The van der Waals surface area contributed by atoms with E-state index in [9.17, 15) is 0 Å². The minimum atomic E-state index is 0.416. The van der Waals surface area contributed by atoms with Gasteiger partial charge >= 0.3 is 0 Å². The molecule has 0 amide bonds. The number of hydrogen-bond acceptors (Lipinski definition) is 3. The number of ether oxygens (including phenoxy) is 1.